The zero-order valence-electron chi connectivity index (χ0n) is 20.9. The number of carbonyl (C=O) groups excluding carboxylic acids is 2. The van der Waals surface area contributed by atoms with E-state index in [1.165, 1.54) is 11.1 Å². The van der Waals surface area contributed by atoms with Gasteiger partial charge in [0.25, 0.3) is 5.91 Å². The highest BCUT2D eigenvalue weighted by molar-refractivity contribution is 5.82. The van der Waals surface area contributed by atoms with Gasteiger partial charge < -0.3 is 15.0 Å². The van der Waals surface area contributed by atoms with Crippen molar-refractivity contribution in [3.8, 4) is 5.75 Å². The molecule has 2 amide bonds. The summed E-state index contributed by atoms with van der Waals surface area (Å²) in [4.78, 5) is 32.4. The highest BCUT2D eigenvalue weighted by Crippen LogP contribution is 2.41. The van der Waals surface area contributed by atoms with E-state index in [1.807, 2.05) is 37.3 Å². The van der Waals surface area contributed by atoms with Gasteiger partial charge in [-0.2, -0.15) is 0 Å². The third-order valence-corrected chi connectivity index (χ3v) is 7.02. The van der Waals surface area contributed by atoms with E-state index in [-0.39, 0.29) is 23.8 Å². The molecule has 6 nitrogen and oxygen atoms in total. The average Bonchev–Trinajstić information content (AvgIpc) is 3.75. The molecular weight excluding hydrogens is 450 g/mol. The third-order valence-electron chi connectivity index (χ3n) is 7.02. The topological polar surface area (TPSA) is 71.5 Å². The minimum absolute atomic E-state index is 0.150. The number of benzene rings is 2. The summed E-state index contributed by atoms with van der Waals surface area (Å²) in [6.07, 6.45) is 4.42. The van der Waals surface area contributed by atoms with Crippen molar-refractivity contribution in [1.29, 1.82) is 0 Å². The van der Waals surface area contributed by atoms with E-state index in [2.05, 4.69) is 52.5 Å². The van der Waals surface area contributed by atoms with Gasteiger partial charge in [0.05, 0.1) is 18.3 Å². The first-order valence-corrected chi connectivity index (χ1v) is 12.9. The van der Waals surface area contributed by atoms with Gasteiger partial charge in [0.15, 0.2) is 6.10 Å². The van der Waals surface area contributed by atoms with Crippen LogP contribution in [0.3, 0.4) is 0 Å². The van der Waals surface area contributed by atoms with Crippen LogP contribution < -0.4 is 10.1 Å². The van der Waals surface area contributed by atoms with Crippen LogP contribution in [0.1, 0.15) is 60.2 Å². The standard InChI is InChI=1S/C30H33N3O3/c1-3-27(29(34)32-19-24-9-4-5-15-31-24)36-25-13-12-21-14-16-33(30(35)22-10-11-22)28(26(21)18-25)23-8-6-7-20(2)17-23/h4-9,12-13,15,17-18,22,27-28H,3,10-11,14,16,19H2,1-2H3,(H,32,34)/t27-,28-/m0/s1. The normalized spacial score (nSPS) is 17.7. The predicted molar refractivity (Wildman–Crippen MR) is 138 cm³/mol. The molecule has 0 spiro atoms. The Hall–Kier alpha value is -3.67. The van der Waals surface area contributed by atoms with Crippen LogP contribution in [0.25, 0.3) is 0 Å². The molecule has 1 N–H and O–H groups in total. The number of pyridine rings is 1. The average molecular weight is 484 g/mol. The van der Waals surface area contributed by atoms with Crippen LogP contribution in [0.5, 0.6) is 5.75 Å². The van der Waals surface area contributed by atoms with Crippen molar-refractivity contribution in [3.63, 3.8) is 0 Å². The van der Waals surface area contributed by atoms with E-state index in [0.717, 1.165) is 36.1 Å². The highest BCUT2D eigenvalue weighted by Gasteiger charge is 2.39. The van der Waals surface area contributed by atoms with E-state index in [9.17, 15) is 9.59 Å². The van der Waals surface area contributed by atoms with Gasteiger partial charge >= 0.3 is 0 Å². The van der Waals surface area contributed by atoms with Crippen molar-refractivity contribution in [2.24, 2.45) is 5.92 Å². The fraction of sp³-hybridized carbons (Fsp3) is 0.367. The molecule has 2 heterocycles. The van der Waals surface area contributed by atoms with Crippen molar-refractivity contribution in [2.75, 3.05) is 6.54 Å². The number of amides is 2. The van der Waals surface area contributed by atoms with E-state index >= 15 is 0 Å². The Kier molecular flexibility index (Phi) is 7.03. The second kappa shape index (κ2) is 10.5. The van der Waals surface area contributed by atoms with Crippen molar-refractivity contribution >= 4 is 11.8 Å². The molecule has 1 fully saturated rings. The van der Waals surface area contributed by atoms with E-state index in [0.29, 0.717) is 25.3 Å². The molecule has 1 saturated carbocycles. The number of carbonyl (C=O) groups is 2. The lowest BCUT2D eigenvalue weighted by atomic mass is 9.87. The molecule has 6 heteroatoms. The molecular formula is C30H33N3O3. The highest BCUT2D eigenvalue weighted by atomic mass is 16.5. The van der Waals surface area contributed by atoms with Crippen LogP contribution in [0, 0.1) is 12.8 Å². The lowest BCUT2D eigenvalue weighted by molar-refractivity contribution is -0.134. The first-order chi connectivity index (χ1) is 17.5. The van der Waals surface area contributed by atoms with Crippen molar-refractivity contribution in [2.45, 2.75) is 58.2 Å². The molecule has 186 valence electrons. The number of fused-ring (bicyclic) bond motifs is 1. The summed E-state index contributed by atoms with van der Waals surface area (Å²) in [7, 11) is 0. The van der Waals surface area contributed by atoms with Crippen molar-refractivity contribution in [1.82, 2.24) is 15.2 Å². The Morgan fingerprint density at radius 1 is 1.11 bits per heavy atom. The van der Waals surface area contributed by atoms with E-state index < -0.39 is 6.10 Å². The predicted octanol–water partition coefficient (Wildman–Crippen LogP) is 4.75. The summed E-state index contributed by atoms with van der Waals surface area (Å²) in [5.74, 6) is 0.887. The molecule has 0 unspecified atom stereocenters. The molecule has 2 aliphatic rings. The fourth-order valence-electron chi connectivity index (χ4n) is 4.95. The molecule has 0 bridgehead atoms. The Bertz CT molecular complexity index is 1240. The monoisotopic (exact) mass is 483 g/mol. The molecule has 2 atom stereocenters. The van der Waals surface area contributed by atoms with Crippen LogP contribution >= 0.6 is 0 Å². The molecule has 0 saturated heterocycles. The lowest BCUT2D eigenvalue weighted by Gasteiger charge is -2.38. The van der Waals surface area contributed by atoms with Crippen LogP contribution in [0.2, 0.25) is 0 Å². The third kappa shape index (κ3) is 5.27. The number of hydrogen-bond acceptors (Lipinski definition) is 4. The van der Waals surface area contributed by atoms with Gasteiger partial charge in [0, 0.05) is 18.7 Å². The van der Waals surface area contributed by atoms with Crippen molar-refractivity contribution < 1.29 is 14.3 Å². The maximum atomic E-state index is 13.3. The van der Waals surface area contributed by atoms with Gasteiger partial charge in [-0.15, -0.1) is 0 Å². The first kappa shape index (κ1) is 24.0. The zero-order chi connectivity index (χ0) is 25.1. The number of nitrogens with zero attached hydrogens (tertiary/aromatic N) is 2. The Morgan fingerprint density at radius 3 is 2.69 bits per heavy atom. The molecule has 2 aromatic carbocycles. The minimum atomic E-state index is -0.614. The molecule has 3 aromatic rings. The van der Waals surface area contributed by atoms with Crippen molar-refractivity contribution in [3.05, 3.63) is 94.8 Å². The lowest BCUT2D eigenvalue weighted by Crippen LogP contribution is -2.41. The zero-order valence-corrected chi connectivity index (χ0v) is 20.9. The number of nitrogens with one attached hydrogen (secondary N) is 1. The molecule has 1 aliphatic heterocycles. The van der Waals surface area contributed by atoms with E-state index in [4.69, 9.17) is 4.74 Å². The summed E-state index contributed by atoms with van der Waals surface area (Å²) < 4.78 is 6.21. The van der Waals surface area contributed by atoms with Gasteiger partial charge in [-0.3, -0.25) is 14.6 Å². The summed E-state index contributed by atoms with van der Waals surface area (Å²) in [6, 6.07) is 19.9. The van der Waals surface area contributed by atoms with Crippen LogP contribution in [0.15, 0.2) is 66.9 Å². The van der Waals surface area contributed by atoms with Gasteiger partial charge in [-0.1, -0.05) is 48.9 Å². The smallest absolute Gasteiger partial charge is 0.261 e. The first-order valence-electron chi connectivity index (χ1n) is 12.9. The molecule has 1 aromatic heterocycles. The summed E-state index contributed by atoms with van der Waals surface area (Å²) >= 11 is 0. The maximum Gasteiger partial charge on any atom is 0.261 e. The molecule has 36 heavy (non-hydrogen) atoms. The Balaban J connectivity index is 1.39. The fourth-order valence-corrected chi connectivity index (χ4v) is 4.95. The summed E-state index contributed by atoms with van der Waals surface area (Å²) in [6.45, 7) is 5.09. The molecule has 0 radical (unpaired) electrons. The number of hydrogen-bond donors (Lipinski definition) is 1. The molecule has 5 rings (SSSR count). The number of rotatable bonds is 8. The summed E-state index contributed by atoms with van der Waals surface area (Å²) in [5, 5.41) is 2.94. The maximum absolute atomic E-state index is 13.3. The van der Waals surface area contributed by atoms with Crippen LogP contribution in [-0.4, -0.2) is 34.3 Å². The van der Waals surface area contributed by atoms with Crippen LogP contribution in [-0.2, 0) is 22.6 Å². The van der Waals surface area contributed by atoms with Gasteiger partial charge in [-0.25, -0.2) is 0 Å². The van der Waals surface area contributed by atoms with Crippen LogP contribution in [0.4, 0.5) is 0 Å². The quantitative estimate of drug-likeness (QED) is 0.502. The summed E-state index contributed by atoms with van der Waals surface area (Å²) in [5.41, 5.74) is 5.39. The second-order valence-electron chi connectivity index (χ2n) is 9.79. The van der Waals surface area contributed by atoms with Gasteiger partial charge in [-0.05, 0) is 73.6 Å². The van der Waals surface area contributed by atoms with E-state index in [1.54, 1.807) is 6.20 Å². The number of aryl methyl sites for hydroxylation is 1. The minimum Gasteiger partial charge on any atom is -0.481 e. The number of ether oxygens (including phenoxy) is 1. The Morgan fingerprint density at radius 2 is 1.97 bits per heavy atom. The van der Waals surface area contributed by atoms with Gasteiger partial charge in [0.1, 0.15) is 5.75 Å². The largest absolute Gasteiger partial charge is 0.481 e. The Labute approximate surface area is 212 Å². The number of aromatic nitrogens is 1. The SMILES string of the molecule is CC[C@H](Oc1ccc2c(c1)[C@H](c1cccc(C)c1)N(C(=O)C1CC1)CC2)C(=O)NCc1ccccn1. The second-order valence-corrected chi connectivity index (χ2v) is 9.79. The van der Waals surface area contributed by atoms with Gasteiger partial charge in [0.2, 0.25) is 5.91 Å². The molecule has 1 aliphatic carbocycles.